The number of halogens is 3. The SMILES string of the molecule is CCCN(CC(=O)Nc1ccccc1C)C(=O)c1cccc(C(F)(F)F)c1. The standard InChI is InChI=1S/C20H21F3N2O2/c1-3-11-25(13-18(26)24-17-10-5-4-7-14(17)2)19(27)15-8-6-9-16(12-15)20(21,22)23/h4-10,12H,3,11,13H2,1-2H3,(H,24,26). The van der Waals surface area contributed by atoms with E-state index in [0.29, 0.717) is 12.1 Å². The smallest absolute Gasteiger partial charge is 0.329 e. The van der Waals surface area contributed by atoms with Crippen molar-refractivity contribution in [2.24, 2.45) is 0 Å². The maximum atomic E-state index is 12.9. The molecule has 0 aliphatic carbocycles. The molecule has 0 aliphatic heterocycles. The van der Waals surface area contributed by atoms with Gasteiger partial charge in [-0.1, -0.05) is 31.2 Å². The van der Waals surface area contributed by atoms with Crippen molar-refractivity contribution in [3.63, 3.8) is 0 Å². The van der Waals surface area contributed by atoms with Crippen LogP contribution in [0, 0.1) is 6.92 Å². The van der Waals surface area contributed by atoms with E-state index in [1.165, 1.54) is 17.0 Å². The maximum Gasteiger partial charge on any atom is 0.416 e. The highest BCUT2D eigenvalue weighted by Gasteiger charge is 2.31. The predicted octanol–water partition coefficient (Wildman–Crippen LogP) is 4.50. The van der Waals surface area contributed by atoms with Gasteiger partial charge in [0.1, 0.15) is 6.54 Å². The second-order valence-corrected chi connectivity index (χ2v) is 6.17. The average molecular weight is 378 g/mol. The van der Waals surface area contributed by atoms with Gasteiger partial charge in [0.25, 0.3) is 5.91 Å². The first-order valence-corrected chi connectivity index (χ1v) is 8.54. The third kappa shape index (κ3) is 5.57. The molecule has 0 spiro atoms. The van der Waals surface area contributed by atoms with E-state index < -0.39 is 23.6 Å². The normalized spacial score (nSPS) is 11.1. The highest BCUT2D eigenvalue weighted by Crippen LogP contribution is 2.29. The molecule has 0 aliphatic rings. The number of benzene rings is 2. The van der Waals surface area contributed by atoms with Crippen LogP contribution in [0.4, 0.5) is 18.9 Å². The first-order valence-electron chi connectivity index (χ1n) is 8.54. The predicted molar refractivity (Wildman–Crippen MR) is 97.4 cm³/mol. The molecule has 7 heteroatoms. The van der Waals surface area contributed by atoms with Gasteiger partial charge < -0.3 is 10.2 Å². The fourth-order valence-electron chi connectivity index (χ4n) is 2.61. The molecular weight excluding hydrogens is 357 g/mol. The number of anilines is 1. The van der Waals surface area contributed by atoms with Gasteiger partial charge in [-0.05, 0) is 43.2 Å². The van der Waals surface area contributed by atoms with Crippen molar-refractivity contribution in [2.75, 3.05) is 18.4 Å². The molecule has 0 aromatic heterocycles. The van der Waals surface area contributed by atoms with Gasteiger partial charge in [-0.15, -0.1) is 0 Å². The van der Waals surface area contributed by atoms with Crippen LogP contribution in [0.25, 0.3) is 0 Å². The topological polar surface area (TPSA) is 49.4 Å². The molecule has 0 unspecified atom stereocenters. The molecule has 2 aromatic rings. The van der Waals surface area contributed by atoms with E-state index in [2.05, 4.69) is 5.32 Å². The van der Waals surface area contributed by atoms with Crippen molar-refractivity contribution in [3.8, 4) is 0 Å². The summed E-state index contributed by atoms with van der Waals surface area (Å²) in [7, 11) is 0. The quantitative estimate of drug-likeness (QED) is 0.804. The molecule has 0 fully saturated rings. The minimum atomic E-state index is -4.53. The number of nitrogens with one attached hydrogen (secondary N) is 1. The second kappa shape index (κ2) is 8.70. The van der Waals surface area contributed by atoms with Crippen LogP contribution in [0.3, 0.4) is 0 Å². The molecule has 0 bridgehead atoms. The largest absolute Gasteiger partial charge is 0.416 e. The van der Waals surface area contributed by atoms with Crippen LogP contribution in [-0.4, -0.2) is 29.8 Å². The summed E-state index contributed by atoms with van der Waals surface area (Å²) in [6.45, 7) is 3.69. The van der Waals surface area contributed by atoms with Crippen LogP contribution in [-0.2, 0) is 11.0 Å². The van der Waals surface area contributed by atoms with E-state index in [4.69, 9.17) is 0 Å². The minimum absolute atomic E-state index is 0.0954. The zero-order chi connectivity index (χ0) is 20.0. The van der Waals surface area contributed by atoms with Crippen LogP contribution in [0.5, 0.6) is 0 Å². The Balaban J connectivity index is 2.15. The summed E-state index contributed by atoms with van der Waals surface area (Å²) >= 11 is 0. The van der Waals surface area contributed by atoms with Crippen LogP contribution in [0.2, 0.25) is 0 Å². The van der Waals surface area contributed by atoms with E-state index >= 15 is 0 Å². The fraction of sp³-hybridized carbons (Fsp3) is 0.300. The summed E-state index contributed by atoms with van der Waals surface area (Å²) in [6.07, 6.45) is -3.96. The molecule has 144 valence electrons. The number of carbonyl (C=O) groups is 2. The fourth-order valence-corrected chi connectivity index (χ4v) is 2.61. The summed E-state index contributed by atoms with van der Waals surface area (Å²) in [5.74, 6) is -1.01. The number of hydrogen-bond acceptors (Lipinski definition) is 2. The van der Waals surface area contributed by atoms with E-state index in [-0.39, 0.29) is 18.7 Å². The van der Waals surface area contributed by atoms with E-state index in [1.54, 1.807) is 12.1 Å². The molecular formula is C20H21F3N2O2. The van der Waals surface area contributed by atoms with Gasteiger partial charge in [-0.3, -0.25) is 9.59 Å². The Morgan fingerprint density at radius 1 is 1.07 bits per heavy atom. The number of aryl methyl sites for hydroxylation is 1. The highest BCUT2D eigenvalue weighted by atomic mass is 19.4. The molecule has 4 nitrogen and oxygen atoms in total. The lowest BCUT2D eigenvalue weighted by Gasteiger charge is -2.22. The summed E-state index contributed by atoms with van der Waals surface area (Å²) in [5.41, 5.74) is 0.513. The van der Waals surface area contributed by atoms with Gasteiger partial charge >= 0.3 is 6.18 Å². The van der Waals surface area contributed by atoms with Gasteiger partial charge in [-0.25, -0.2) is 0 Å². The van der Waals surface area contributed by atoms with Gasteiger partial charge in [0.2, 0.25) is 5.91 Å². The molecule has 0 saturated heterocycles. The Morgan fingerprint density at radius 3 is 2.41 bits per heavy atom. The molecule has 0 atom stereocenters. The van der Waals surface area contributed by atoms with Gasteiger partial charge in [0.15, 0.2) is 0 Å². The molecule has 1 N–H and O–H groups in total. The van der Waals surface area contributed by atoms with E-state index in [1.807, 2.05) is 26.0 Å². The molecule has 2 amide bonds. The Bertz CT molecular complexity index is 819. The van der Waals surface area contributed by atoms with Gasteiger partial charge in [-0.2, -0.15) is 13.2 Å². The number of rotatable bonds is 6. The summed E-state index contributed by atoms with van der Waals surface area (Å²) in [6, 6.07) is 11.4. The third-order valence-corrected chi connectivity index (χ3v) is 3.97. The van der Waals surface area contributed by atoms with Crippen LogP contribution >= 0.6 is 0 Å². The third-order valence-electron chi connectivity index (χ3n) is 3.97. The van der Waals surface area contributed by atoms with E-state index in [0.717, 1.165) is 17.7 Å². The molecule has 27 heavy (non-hydrogen) atoms. The average Bonchev–Trinajstić information content (AvgIpc) is 2.62. The van der Waals surface area contributed by atoms with Crippen molar-refractivity contribution < 1.29 is 22.8 Å². The van der Waals surface area contributed by atoms with Crippen molar-refractivity contribution in [1.82, 2.24) is 4.90 Å². The number of hydrogen-bond donors (Lipinski definition) is 1. The molecule has 2 rings (SSSR count). The minimum Gasteiger partial charge on any atom is -0.329 e. The van der Waals surface area contributed by atoms with Gasteiger partial charge in [0, 0.05) is 17.8 Å². The first-order chi connectivity index (χ1) is 12.7. The van der Waals surface area contributed by atoms with Crippen molar-refractivity contribution in [2.45, 2.75) is 26.4 Å². The zero-order valence-electron chi connectivity index (χ0n) is 15.1. The van der Waals surface area contributed by atoms with Gasteiger partial charge in [0.05, 0.1) is 5.56 Å². The first kappa shape index (κ1) is 20.5. The lowest BCUT2D eigenvalue weighted by Crippen LogP contribution is -2.38. The number of carbonyl (C=O) groups excluding carboxylic acids is 2. The monoisotopic (exact) mass is 378 g/mol. The Kier molecular flexibility index (Phi) is 6.60. The molecule has 2 aromatic carbocycles. The van der Waals surface area contributed by atoms with Crippen molar-refractivity contribution in [3.05, 3.63) is 65.2 Å². The zero-order valence-corrected chi connectivity index (χ0v) is 15.1. The van der Waals surface area contributed by atoms with Crippen LogP contribution < -0.4 is 5.32 Å². The Labute approximate surface area is 156 Å². The summed E-state index contributed by atoms with van der Waals surface area (Å²) in [5, 5.41) is 2.73. The molecule has 0 radical (unpaired) electrons. The lowest BCUT2D eigenvalue weighted by atomic mass is 10.1. The maximum absolute atomic E-state index is 12.9. The number of nitrogens with zero attached hydrogens (tertiary/aromatic N) is 1. The number of para-hydroxylation sites is 1. The van der Waals surface area contributed by atoms with Crippen molar-refractivity contribution >= 4 is 17.5 Å². The summed E-state index contributed by atoms with van der Waals surface area (Å²) < 4.78 is 38.6. The second-order valence-electron chi connectivity index (χ2n) is 6.17. The van der Waals surface area contributed by atoms with Crippen LogP contribution in [0.1, 0.15) is 34.8 Å². The number of amides is 2. The molecule has 0 heterocycles. The van der Waals surface area contributed by atoms with Crippen LogP contribution in [0.15, 0.2) is 48.5 Å². The summed E-state index contributed by atoms with van der Waals surface area (Å²) in [4.78, 5) is 26.2. The number of alkyl halides is 3. The Morgan fingerprint density at radius 2 is 1.78 bits per heavy atom. The molecule has 0 saturated carbocycles. The van der Waals surface area contributed by atoms with E-state index in [9.17, 15) is 22.8 Å². The van der Waals surface area contributed by atoms with Crippen molar-refractivity contribution in [1.29, 1.82) is 0 Å². The Hall–Kier alpha value is -2.83. The highest BCUT2D eigenvalue weighted by molar-refractivity contribution is 5.99. The lowest BCUT2D eigenvalue weighted by molar-refractivity contribution is -0.137.